The normalized spacial score (nSPS) is 19.4. The van der Waals surface area contributed by atoms with Gasteiger partial charge in [-0.05, 0) is 50.1 Å². The van der Waals surface area contributed by atoms with Crippen molar-refractivity contribution in [3.8, 4) is 0 Å². The molecule has 0 bridgehead atoms. The molecule has 0 saturated heterocycles. The van der Waals surface area contributed by atoms with Gasteiger partial charge in [-0.3, -0.25) is 4.98 Å². The van der Waals surface area contributed by atoms with Gasteiger partial charge in [-0.1, -0.05) is 12.1 Å². The molecule has 0 spiro atoms. The van der Waals surface area contributed by atoms with Gasteiger partial charge in [0.2, 0.25) is 0 Å². The van der Waals surface area contributed by atoms with Gasteiger partial charge in [-0.15, -0.1) is 12.4 Å². The van der Waals surface area contributed by atoms with Crippen LogP contribution in [0.4, 0.5) is 0 Å². The van der Waals surface area contributed by atoms with Crippen LogP contribution in [-0.2, 0) is 0 Å². The van der Waals surface area contributed by atoms with Gasteiger partial charge in [0, 0.05) is 18.9 Å². The van der Waals surface area contributed by atoms with Gasteiger partial charge in [-0.2, -0.15) is 0 Å². The summed E-state index contributed by atoms with van der Waals surface area (Å²) in [6.45, 7) is 1.14. The third-order valence-electron chi connectivity index (χ3n) is 2.90. The van der Waals surface area contributed by atoms with E-state index in [2.05, 4.69) is 36.1 Å². The highest BCUT2D eigenvalue weighted by molar-refractivity contribution is 5.85. The number of rotatable bonds is 3. The number of hydrogen-bond donors (Lipinski definition) is 0. The van der Waals surface area contributed by atoms with E-state index in [0.717, 1.165) is 6.54 Å². The Balaban J connectivity index is 0.00000128. The van der Waals surface area contributed by atoms with E-state index in [-0.39, 0.29) is 12.4 Å². The van der Waals surface area contributed by atoms with E-state index in [1.807, 2.05) is 18.5 Å². The molecule has 88 valence electrons. The van der Waals surface area contributed by atoms with Crippen LogP contribution in [0.5, 0.6) is 0 Å². The van der Waals surface area contributed by atoms with Gasteiger partial charge >= 0.3 is 0 Å². The molecule has 0 saturated carbocycles. The highest BCUT2D eigenvalue weighted by Crippen LogP contribution is 2.33. The largest absolute Gasteiger partial charge is 0.309 e. The maximum atomic E-state index is 4.19. The molecule has 2 nitrogen and oxygen atoms in total. The molecule has 0 amide bonds. The molecule has 0 aliphatic heterocycles. The Morgan fingerprint density at radius 3 is 2.88 bits per heavy atom. The summed E-state index contributed by atoms with van der Waals surface area (Å²) >= 11 is 0. The van der Waals surface area contributed by atoms with E-state index in [0.29, 0.717) is 5.92 Å². The summed E-state index contributed by atoms with van der Waals surface area (Å²) < 4.78 is 0. The Kier molecular flexibility index (Phi) is 4.97. The van der Waals surface area contributed by atoms with Crippen molar-refractivity contribution in [2.24, 2.45) is 5.92 Å². The van der Waals surface area contributed by atoms with Crippen molar-refractivity contribution >= 4 is 18.0 Å². The molecule has 0 fully saturated rings. The first-order valence-electron chi connectivity index (χ1n) is 5.52. The maximum Gasteiger partial charge on any atom is 0.0343 e. The fourth-order valence-electron chi connectivity index (χ4n) is 2.28. The summed E-state index contributed by atoms with van der Waals surface area (Å²) in [6, 6.07) is 4.17. The molecule has 2 rings (SSSR count). The number of aromatic nitrogens is 1. The fraction of sp³-hybridized carbons (Fsp3) is 0.462. The summed E-state index contributed by atoms with van der Waals surface area (Å²) in [5.74, 6) is 0.684. The van der Waals surface area contributed by atoms with E-state index in [1.54, 1.807) is 0 Å². The van der Waals surface area contributed by atoms with Crippen molar-refractivity contribution in [3.05, 3.63) is 36.2 Å². The van der Waals surface area contributed by atoms with E-state index in [4.69, 9.17) is 0 Å². The van der Waals surface area contributed by atoms with E-state index in [9.17, 15) is 0 Å². The lowest BCUT2D eigenvalue weighted by Crippen LogP contribution is -2.21. The number of allylic oxidation sites excluding steroid dienone is 1. The lowest BCUT2D eigenvalue weighted by atomic mass is 9.96. The highest BCUT2D eigenvalue weighted by Gasteiger charge is 2.20. The molecule has 1 heterocycles. The topological polar surface area (TPSA) is 16.1 Å². The second kappa shape index (κ2) is 6.02. The Bertz CT molecular complexity index is 346. The number of halogens is 1. The van der Waals surface area contributed by atoms with Crippen molar-refractivity contribution in [1.82, 2.24) is 9.88 Å². The standard InChI is InChI=1S/C13H18N2.ClH/c1-15(2)10-12-5-3-7-13(12)11-6-4-8-14-9-11;/h4,6-9,12H,3,5,10H2,1-2H3;1H. The van der Waals surface area contributed by atoms with E-state index < -0.39 is 0 Å². The van der Waals surface area contributed by atoms with Gasteiger partial charge in [0.25, 0.3) is 0 Å². The molecule has 16 heavy (non-hydrogen) atoms. The molecule has 1 aromatic heterocycles. The van der Waals surface area contributed by atoms with Gasteiger partial charge in [0.15, 0.2) is 0 Å². The first-order chi connectivity index (χ1) is 7.27. The van der Waals surface area contributed by atoms with Crippen LogP contribution in [0.1, 0.15) is 18.4 Å². The van der Waals surface area contributed by atoms with Crippen LogP contribution in [0.3, 0.4) is 0 Å². The molecular formula is C13H19ClN2. The van der Waals surface area contributed by atoms with E-state index in [1.165, 1.54) is 24.0 Å². The van der Waals surface area contributed by atoms with Crippen molar-refractivity contribution in [2.75, 3.05) is 20.6 Å². The SMILES string of the molecule is CN(C)CC1CCC=C1c1cccnc1.Cl. The molecule has 1 aromatic rings. The summed E-state index contributed by atoms with van der Waals surface area (Å²) in [6.07, 6.45) is 8.66. The first kappa shape index (κ1) is 13.2. The summed E-state index contributed by atoms with van der Waals surface area (Å²) in [4.78, 5) is 6.45. The number of nitrogens with zero attached hydrogens (tertiary/aromatic N) is 2. The Hall–Kier alpha value is -0.860. The maximum absolute atomic E-state index is 4.19. The summed E-state index contributed by atoms with van der Waals surface area (Å²) in [5.41, 5.74) is 2.78. The van der Waals surface area contributed by atoms with Gasteiger partial charge in [0.05, 0.1) is 0 Å². The smallest absolute Gasteiger partial charge is 0.0343 e. The minimum absolute atomic E-state index is 0. The fourth-order valence-corrected chi connectivity index (χ4v) is 2.28. The van der Waals surface area contributed by atoms with Crippen molar-refractivity contribution in [2.45, 2.75) is 12.8 Å². The number of hydrogen-bond acceptors (Lipinski definition) is 2. The zero-order valence-electron chi connectivity index (χ0n) is 9.89. The van der Waals surface area contributed by atoms with Gasteiger partial charge in [-0.25, -0.2) is 0 Å². The predicted molar refractivity (Wildman–Crippen MR) is 70.7 cm³/mol. The summed E-state index contributed by atoms with van der Waals surface area (Å²) in [7, 11) is 4.28. The Morgan fingerprint density at radius 2 is 2.25 bits per heavy atom. The molecular weight excluding hydrogens is 220 g/mol. The average Bonchev–Trinajstić information content (AvgIpc) is 2.66. The third-order valence-corrected chi connectivity index (χ3v) is 2.90. The Morgan fingerprint density at radius 1 is 1.44 bits per heavy atom. The quantitative estimate of drug-likeness (QED) is 0.805. The van der Waals surface area contributed by atoms with Crippen LogP contribution in [-0.4, -0.2) is 30.5 Å². The van der Waals surface area contributed by atoms with Gasteiger partial charge in [0.1, 0.15) is 0 Å². The first-order valence-corrected chi connectivity index (χ1v) is 5.52. The van der Waals surface area contributed by atoms with Crippen LogP contribution in [0, 0.1) is 5.92 Å². The predicted octanol–water partition coefficient (Wildman–Crippen LogP) is 2.86. The highest BCUT2D eigenvalue weighted by atomic mass is 35.5. The minimum atomic E-state index is 0. The monoisotopic (exact) mass is 238 g/mol. The molecule has 0 aromatic carbocycles. The molecule has 1 unspecified atom stereocenters. The van der Waals surface area contributed by atoms with Crippen molar-refractivity contribution in [3.63, 3.8) is 0 Å². The number of pyridine rings is 1. The molecule has 1 atom stereocenters. The molecule has 0 radical (unpaired) electrons. The van der Waals surface area contributed by atoms with Gasteiger partial charge < -0.3 is 4.90 Å². The van der Waals surface area contributed by atoms with Crippen LogP contribution in [0.15, 0.2) is 30.6 Å². The van der Waals surface area contributed by atoms with Crippen LogP contribution in [0.25, 0.3) is 5.57 Å². The summed E-state index contributed by atoms with van der Waals surface area (Å²) in [5, 5.41) is 0. The third kappa shape index (κ3) is 3.06. The van der Waals surface area contributed by atoms with E-state index >= 15 is 0 Å². The molecule has 3 heteroatoms. The van der Waals surface area contributed by atoms with Crippen molar-refractivity contribution in [1.29, 1.82) is 0 Å². The second-order valence-electron chi connectivity index (χ2n) is 4.44. The molecule has 1 aliphatic carbocycles. The lowest BCUT2D eigenvalue weighted by Gasteiger charge is -2.19. The lowest BCUT2D eigenvalue weighted by molar-refractivity contribution is 0.361. The molecule has 0 N–H and O–H groups in total. The van der Waals surface area contributed by atoms with Crippen molar-refractivity contribution < 1.29 is 0 Å². The van der Waals surface area contributed by atoms with Crippen LogP contribution in [0.2, 0.25) is 0 Å². The Labute approximate surface area is 104 Å². The zero-order chi connectivity index (χ0) is 10.7. The average molecular weight is 239 g/mol. The molecule has 1 aliphatic rings. The second-order valence-corrected chi connectivity index (χ2v) is 4.44. The van der Waals surface area contributed by atoms with Crippen LogP contribution < -0.4 is 0 Å². The van der Waals surface area contributed by atoms with Crippen LogP contribution >= 0.6 is 12.4 Å². The minimum Gasteiger partial charge on any atom is -0.309 e. The zero-order valence-corrected chi connectivity index (χ0v) is 10.7.